The van der Waals surface area contributed by atoms with Crippen molar-refractivity contribution in [3.05, 3.63) is 83.9 Å². The van der Waals surface area contributed by atoms with Crippen molar-refractivity contribution < 1.29 is 19.5 Å². The number of phenols is 1. The Hall–Kier alpha value is -4.44. The minimum Gasteiger partial charge on any atom is -0.508 e. The lowest BCUT2D eigenvalue weighted by atomic mass is 10.1. The lowest BCUT2D eigenvalue weighted by Gasteiger charge is -2.16. The van der Waals surface area contributed by atoms with Gasteiger partial charge in [-0.25, -0.2) is 0 Å². The number of benzene rings is 3. The Morgan fingerprint density at radius 2 is 1.75 bits per heavy atom. The number of rotatable bonds is 5. The van der Waals surface area contributed by atoms with Gasteiger partial charge in [-0.05, 0) is 49.4 Å². The first-order valence-electron chi connectivity index (χ1n) is 11.1. The molecule has 1 atom stereocenters. The van der Waals surface area contributed by atoms with Crippen molar-refractivity contribution in [3.63, 3.8) is 0 Å². The van der Waals surface area contributed by atoms with Crippen molar-refractivity contribution in [2.45, 2.75) is 18.6 Å². The van der Waals surface area contributed by atoms with Crippen LogP contribution in [0, 0.1) is 6.92 Å². The molecule has 0 aromatic heterocycles. The zero-order valence-corrected chi connectivity index (χ0v) is 20.0. The van der Waals surface area contributed by atoms with Crippen LogP contribution in [0.5, 0.6) is 5.75 Å². The minimum atomic E-state index is -0.743. The molecule has 3 N–H and O–H groups in total. The lowest BCUT2D eigenvalue weighted by Crippen LogP contribution is -2.33. The highest BCUT2D eigenvalue weighted by Gasteiger charge is 2.40. The number of anilines is 3. The molecule has 0 bridgehead atoms. The lowest BCUT2D eigenvalue weighted by molar-refractivity contribution is -0.121. The number of nitrogens with one attached hydrogen (secondary N) is 2. The molecule has 9 nitrogen and oxygen atoms in total. The zero-order valence-electron chi connectivity index (χ0n) is 19.1. The first kappa shape index (κ1) is 23.3. The Morgan fingerprint density at radius 1 is 1.03 bits per heavy atom. The second kappa shape index (κ2) is 9.67. The third-order valence-electron chi connectivity index (χ3n) is 5.63. The monoisotopic (exact) mass is 499 g/mol. The highest BCUT2D eigenvalue weighted by molar-refractivity contribution is 8.16. The van der Waals surface area contributed by atoms with Crippen LogP contribution in [-0.4, -0.2) is 39.0 Å². The van der Waals surface area contributed by atoms with Crippen LogP contribution in [0.15, 0.2) is 83.0 Å². The van der Waals surface area contributed by atoms with Gasteiger partial charge in [-0.2, -0.15) is 0 Å². The maximum Gasteiger partial charge on any atom is 0.276 e. The van der Waals surface area contributed by atoms with Gasteiger partial charge in [0, 0.05) is 17.7 Å². The summed E-state index contributed by atoms with van der Waals surface area (Å²) in [6, 6.07) is 20.5. The summed E-state index contributed by atoms with van der Waals surface area (Å²) in [5.41, 5.74) is 3.56. The number of para-hydroxylation sites is 1. The summed E-state index contributed by atoms with van der Waals surface area (Å²) in [6.45, 7) is 1.95. The number of phenolic OH excluding ortho intramolecular Hbond substituents is 1. The van der Waals surface area contributed by atoms with Gasteiger partial charge in [-0.3, -0.25) is 19.3 Å². The largest absolute Gasteiger partial charge is 0.508 e. The Balaban J connectivity index is 1.42. The fraction of sp³-hybridized carbons (Fsp3) is 0.115. The van der Waals surface area contributed by atoms with Gasteiger partial charge in [0.15, 0.2) is 10.9 Å². The molecule has 0 saturated carbocycles. The molecule has 0 spiro atoms. The van der Waals surface area contributed by atoms with E-state index in [0.717, 1.165) is 17.3 Å². The number of amidine groups is 1. The van der Waals surface area contributed by atoms with Gasteiger partial charge in [0.2, 0.25) is 11.8 Å². The highest BCUT2D eigenvalue weighted by Crippen LogP contribution is 2.35. The van der Waals surface area contributed by atoms with Crippen LogP contribution in [0.3, 0.4) is 0 Å². The van der Waals surface area contributed by atoms with Crippen LogP contribution >= 0.6 is 11.8 Å². The summed E-state index contributed by atoms with van der Waals surface area (Å²) in [6.07, 6.45) is -0.0785. The maximum atomic E-state index is 13.3. The van der Waals surface area contributed by atoms with E-state index < -0.39 is 5.25 Å². The fourth-order valence-electron chi connectivity index (χ4n) is 3.82. The van der Waals surface area contributed by atoms with E-state index in [1.807, 2.05) is 19.1 Å². The van der Waals surface area contributed by atoms with E-state index in [2.05, 4.69) is 20.8 Å². The summed E-state index contributed by atoms with van der Waals surface area (Å²) >= 11 is 1.10. The van der Waals surface area contributed by atoms with Crippen LogP contribution in [0.25, 0.3) is 0 Å². The molecule has 1 saturated heterocycles. The number of amides is 3. The molecule has 3 amide bonds. The quantitative estimate of drug-likeness (QED) is 0.460. The Kier molecular flexibility index (Phi) is 6.26. The van der Waals surface area contributed by atoms with E-state index in [1.165, 1.54) is 17.0 Å². The maximum absolute atomic E-state index is 13.3. The number of nitrogens with zero attached hydrogens (tertiary/aromatic N) is 3. The Labute approximate surface area is 210 Å². The first-order chi connectivity index (χ1) is 17.4. The molecular formula is C26H21N5O4S. The van der Waals surface area contributed by atoms with Crippen LogP contribution in [0.4, 0.5) is 17.1 Å². The predicted molar refractivity (Wildman–Crippen MR) is 140 cm³/mol. The summed E-state index contributed by atoms with van der Waals surface area (Å²) in [5.74, 6) is -1.00. The van der Waals surface area contributed by atoms with Crippen molar-refractivity contribution in [2.24, 2.45) is 10.2 Å². The number of aromatic hydroxyl groups is 1. The van der Waals surface area contributed by atoms with Crippen LogP contribution in [0.1, 0.15) is 17.5 Å². The SMILES string of the molecule is Cc1ccc(NC(=O)CC2S/C(=N\N=C3/C(=O)Nc4ccccc43)N(c3ccc(O)cc3)C2=O)cc1. The van der Waals surface area contributed by atoms with Gasteiger partial charge in [0.05, 0.1) is 11.4 Å². The molecule has 0 aliphatic carbocycles. The molecule has 10 heteroatoms. The molecule has 3 aromatic carbocycles. The molecule has 0 radical (unpaired) electrons. The van der Waals surface area contributed by atoms with Gasteiger partial charge in [-0.15, -0.1) is 10.2 Å². The number of hydrogen-bond acceptors (Lipinski definition) is 7. The van der Waals surface area contributed by atoms with Crippen molar-refractivity contribution in [1.29, 1.82) is 0 Å². The van der Waals surface area contributed by atoms with E-state index >= 15 is 0 Å². The first-order valence-corrected chi connectivity index (χ1v) is 12.0. The summed E-state index contributed by atoms with van der Waals surface area (Å²) in [5, 5.41) is 23.1. The normalized spacial score (nSPS) is 19.0. The van der Waals surface area contributed by atoms with Gasteiger partial charge in [-0.1, -0.05) is 47.7 Å². The van der Waals surface area contributed by atoms with Crippen molar-refractivity contribution in [1.82, 2.24) is 0 Å². The summed E-state index contributed by atoms with van der Waals surface area (Å²) < 4.78 is 0. The molecule has 180 valence electrons. The predicted octanol–water partition coefficient (Wildman–Crippen LogP) is 3.89. The second-order valence-corrected chi connectivity index (χ2v) is 9.42. The van der Waals surface area contributed by atoms with Crippen LogP contribution in [0.2, 0.25) is 0 Å². The van der Waals surface area contributed by atoms with Crippen molar-refractivity contribution in [3.8, 4) is 5.75 Å². The van der Waals surface area contributed by atoms with Gasteiger partial charge >= 0.3 is 0 Å². The molecule has 2 heterocycles. The summed E-state index contributed by atoms with van der Waals surface area (Å²) in [7, 11) is 0. The third kappa shape index (κ3) is 4.71. The van der Waals surface area contributed by atoms with Crippen molar-refractivity contribution >= 4 is 57.4 Å². The molecule has 1 fully saturated rings. The molecule has 36 heavy (non-hydrogen) atoms. The number of fused-ring (bicyclic) bond motifs is 1. The standard InChI is InChI=1S/C26H21N5O4S/c1-15-6-8-16(9-7-15)27-22(33)14-21-25(35)31(17-10-12-18(32)13-11-17)26(36-21)30-29-23-19-4-2-3-5-20(19)28-24(23)34/h2-13,21,32H,14H2,1H3,(H,27,33)(H,28,29,34)/b30-26-. The van der Waals surface area contributed by atoms with E-state index in [0.29, 0.717) is 22.6 Å². The fourth-order valence-corrected chi connectivity index (χ4v) is 4.90. The number of thioether (sulfide) groups is 1. The average molecular weight is 500 g/mol. The molecule has 5 rings (SSSR count). The molecule has 2 aliphatic heterocycles. The van der Waals surface area contributed by atoms with Gasteiger partial charge in [0.1, 0.15) is 11.0 Å². The smallest absolute Gasteiger partial charge is 0.276 e. The number of carbonyl (C=O) groups is 3. The Bertz CT molecular complexity index is 1420. The zero-order chi connectivity index (χ0) is 25.2. The molecule has 1 unspecified atom stereocenters. The third-order valence-corrected chi connectivity index (χ3v) is 6.76. The van der Waals surface area contributed by atoms with Crippen LogP contribution in [-0.2, 0) is 14.4 Å². The molecule has 3 aromatic rings. The molecule has 2 aliphatic rings. The van der Waals surface area contributed by atoms with Gasteiger partial charge in [0.25, 0.3) is 5.91 Å². The minimum absolute atomic E-state index is 0.0463. The summed E-state index contributed by atoms with van der Waals surface area (Å²) in [4.78, 5) is 39.8. The second-order valence-electron chi connectivity index (χ2n) is 8.25. The Morgan fingerprint density at radius 3 is 2.50 bits per heavy atom. The van der Waals surface area contributed by atoms with E-state index in [9.17, 15) is 19.5 Å². The number of carbonyl (C=O) groups excluding carboxylic acids is 3. The van der Waals surface area contributed by atoms with E-state index in [1.54, 1.807) is 48.5 Å². The molecular weight excluding hydrogens is 478 g/mol. The topological polar surface area (TPSA) is 123 Å². The number of aryl methyl sites for hydroxylation is 1. The van der Waals surface area contributed by atoms with Crippen LogP contribution < -0.4 is 15.5 Å². The van der Waals surface area contributed by atoms with E-state index in [4.69, 9.17) is 0 Å². The van der Waals surface area contributed by atoms with Gasteiger partial charge < -0.3 is 15.7 Å². The van der Waals surface area contributed by atoms with E-state index in [-0.39, 0.29) is 40.8 Å². The highest BCUT2D eigenvalue weighted by atomic mass is 32.2. The number of hydrogen-bond donors (Lipinski definition) is 3. The average Bonchev–Trinajstić information content (AvgIpc) is 3.35. The van der Waals surface area contributed by atoms with Crippen molar-refractivity contribution in [2.75, 3.05) is 15.5 Å².